The fraction of sp³-hybridized carbons (Fsp3) is 0.312. The van der Waals surface area contributed by atoms with Crippen LogP contribution in [0.1, 0.15) is 30.1 Å². The topological polar surface area (TPSA) is 26.3 Å². The zero-order valence-corrected chi connectivity index (χ0v) is 10.9. The van der Waals surface area contributed by atoms with E-state index in [9.17, 15) is 9.18 Å². The first-order valence-electron chi connectivity index (χ1n) is 6.47. The summed E-state index contributed by atoms with van der Waals surface area (Å²) in [5.41, 5.74) is 0.534. The van der Waals surface area contributed by atoms with Crippen molar-refractivity contribution in [2.24, 2.45) is 0 Å². The van der Waals surface area contributed by atoms with Crippen molar-refractivity contribution in [3.05, 3.63) is 48.0 Å². The van der Waals surface area contributed by atoms with Gasteiger partial charge in [-0.2, -0.15) is 0 Å². The van der Waals surface area contributed by atoms with Gasteiger partial charge in [-0.1, -0.05) is 30.3 Å². The number of ether oxygens (including phenoxy) is 1. The Bertz CT molecular complexity index is 563. The molecule has 0 spiro atoms. The lowest BCUT2D eigenvalue weighted by Crippen LogP contribution is -2.07. The van der Waals surface area contributed by atoms with E-state index in [4.69, 9.17) is 4.74 Å². The van der Waals surface area contributed by atoms with Crippen LogP contribution in [0, 0.1) is 0 Å². The molecule has 0 saturated heterocycles. The van der Waals surface area contributed by atoms with Gasteiger partial charge in [0.1, 0.15) is 0 Å². The number of fused-ring (bicyclic) bond motifs is 1. The molecule has 2 aromatic rings. The molecule has 0 N–H and O–H groups in total. The Morgan fingerprint density at radius 2 is 1.95 bits per heavy atom. The number of carbonyl (C=O) groups excluding carboxylic acids is 1. The van der Waals surface area contributed by atoms with Gasteiger partial charge in [0.2, 0.25) is 0 Å². The van der Waals surface area contributed by atoms with Crippen molar-refractivity contribution in [2.75, 3.05) is 6.61 Å². The minimum absolute atomic E-state index is 0.264. The molecule has 0 fully saturated rings. The molecule has 2 nitrogen and oxygen atoms in total. The number of esters is 1. The third-order valence-electron chi connectivity index (χ3n) is 2.96. The van der Waals surface area contributed by atoms with E-state index in [0.29, 0.717) is 18.4 Å². The van der Waals surface area contributed by atoms with Crippen LogP contribution in [0.15, 0.2) is 42.5 Å². The number of alkyl halides is 1. The number of benzene rings is 2. The third-order valence-corrected chi connectivity index (χ3v) is 2.96. The second kappa shape index (κ2) is 6.32. The van der Waals surface area contributed by atoms with Crippen molar-refractivity contribution in [1.29, 1.82) is 0 Å². The summed E-state index contributed by atoms with van der Waals surface area (Å²) in [4.78, 5) is 11.8. The Labute approximate surface area is 112 Å². The first-order valence-corrected chi connectivity index (χ1v) is 6.47. The van der Waals surface area contributed by atoms with Crippen LogP contribution in [-0.4, -0.2) is 18.7 Å². The molecular weight excluding hydrogens is 243 g/mol. The molecule has 3 heteroatoms. The second-order valence-electron chi connectivity index (χ2n) is 4.62. The summed E-state index contributed by atoms with van der Waals surface area (Å²) in [5, 5.41) is 2.10. The molecule has 0 aliphatic heterocycles. The molecule has 0 saturated carbocycles. The molecular formula is C16H17FO2. The number of hydrogen-bond donors (Lipinski definition) is 0. The van der Waals surface area contributed by atoms with Crippen LogP contribution in [-0.2, 0) is 4.74 Å². The first kappa shape index (κ1) is 13.5. The summed E-state index contributed by atoms with van der Waals surface area (Å²) < 4.78 is 17.7. The molecule has 0 aliphatic carbocycles. The van der Waals surface area contributed by atoms with Gasteiger partial charge >= 0.3 is 5.97 Å². The molecule has 2 rings (SSSR count). The van der Waals surface area contributed by atoms with Gasteiger partial charge in [0.25, 0.3) is 0 Å². The van der Waals surface area contributed by atoms with Crippen LogP contribution >= 0.6 is 0 Å². The lowest BCUT2D eigenvalue weighted by Gasteiger charge is -2.06. The quantitative estimate of drug-likeness (QED) is 0.596. The number of hydrogen-bond acceptors (Lipinski definition) is 2. The Kier molecular flexibility index (Phi) is 4.50. The summed E-state index contributed by atoms with van der Waals surface area (Å²) in [6, 6.07) is 13.3. The molecule has 0 radical (unpaired) electrons. The van der Waals surface area contributed by atoms with Crippen molar-refractivity contribution >= 4 is 16.7 Å². The molecule has 2 aromatic carbocycles. The molecule has 0 aliphatic rings. The second-order valence-corrected chi connectivity index (χ2v) is 4.62. The van der Waals surface area contributed by atoms with Gasteiger partial charge in [0.05, 0.1) is 18.3 Å². The largest absolute Gasteiger partial charge is 0.462 e. The van der Waals surface area contributed by atoms with Crippen LogP contribution in [0.4, 0.5) is 4.39 Å². The summed E-state index contributed by atoms with van der Waals surface area (Å²) in [7, 11) is 0. The summed E-state index contributed by atoms with van der Waals surface area (Å²) in [6.45, 7) is 1.77. The standard InChI is InChI=1S/C16H17FO2/c1-12(17)5-4-10-19-16(18)15-9-8-13-6-2-3-7-14(13)11-15/h2-3,6-9,11-12H,4-5,10H2,1H3. The van der Waals surface area contributed by atoms with Gasteiger partial charge < -0.3 is 4.74 Å². The van der Waals surface area contributed by atoms with E-state index in [1.807, 2.05) is 36.4 Å². The SMILES string of the molecule is CC(F)CCCOC(=O)c1ccc2ccccc2c1. The average Bonchev–Trinajstić information content (AvgIpc) is 2.42. The molecule has 0 amide bonds. The predicted octanol–water partition coefficient (Wildman–Crippen LogP) is 4.13. The fourth-order valence-corrected chi connectivity index (χ4v) is 1.93. The van der Waals surface area contributed by atoms with E-state index < -0.39 is 6.17 Å². The molecule has 0 aromatic heterocycles. The zero-order valence-electron chi connectivity index (χ0n) is 10.9. The van der Waals surface area contributed by atoms with Crippen molar-refractivity contribution in [3.63, 3.8) is 0 Å². The maximum Gasteiger partial charge on any atom is 0.338 e. The molecule has 0 bridgehead atoms. The Hall–Kier alpha value is -1.90. The Balaban J connectivity index is 1.97. The minimum Gasteiger partial charge on any atom is -0.462 e. The molecule has 19 heavy (non-hydrogen) atoms. The lowest BCUT2D eigenvalue weighted by molar-refractivity contribution is 0.0491. The predicted molar refractivity (Wildman–Crippen MR) is 74.0 cm³/mol. The van der Waals surface area contributed by atoms with Crippen molar-refractivity contribution in [2.45, 2.75) is 25.9 Å². The van der Waals surface area contributed by atoms with Crippen molar-refractivity contribution < 1.29 is 13.9 Å². The molecule has 100 valence electrons. The van der Waals surface area contributed by atoms with E-state index in [1.54, 1.807) is 6.07 Å². The van der Waals surface area contributed by atoms with Gasteiger partial charge in [-0.15, -0.1) is 0 Å². The van der Waals surface area contributed by atoms with E-state index in [0.717, 1.165) is 10.8 Å². The zero-order chi connectivity index (χ0) is 13.7. The number of rotatable bonds is 5. The van der Waals surface area contributed by atoms with Gasteiger partial charge in [-0.25, -0.2) is 9.18 Å². The smallest absolute Gasteiger partial charge is 0.338 e. The van der Waals surface area contributed by atoms with Gasteiger partial charge in [-0.3, -0.25) is 0 Å². The summed E-state index contributed by atoms with van der Waals surface area (Å²) in [6.07, 6.45) is 0.126. The number of halogens is 1. The maximum atomic E-state index is 12.6. The van der Waals surface area contributed by atoms with Gasteiger partial charge in [-0.05, 0) is 42.7 Å². The summed E-state index contributed by atoms with van der Waals surface area (Å²) in [5.74, 6) is -0.350. The van der Waals surface area contributed by atoms with Crippen LogP contribution in [0.2, 0.25) is 0 Å². The molecule has 1 unspecified atom stereocenters. The molecule has 0 heterocycles. The number of carbonyl (C=O) groups is 1. The van der Waals surface area contributed by atoms with Gasteiger partial charge in [0.15, 0.2) is 0 Å². The summed E-state index contributed by atoms with van der Waals surface area (Å²) >= 11 is 0. The van der Waals surface area contributed by atoms with Crippen LogP contribution in [0.3, 0.4) is 0 Å². The normalized spacial score (nSPS) is 12.3. The van der Waals surface area contributed by atoms with Crippen LogP contribution in [0.25, 0.3) is 10.8 Å². The van der Waals surface area contributed by atoms with E-state index >= 15 is 0 Å². The Morgan fingerprint density at radius 3 is 2.68 bits per heavy atom. The molecule has 1 atom stereocenters. The van der Waals surface area contributed by atoms with Crippen molar-refractivity contribution in [3.8, 4) is 0 Å². The van der Waals surface area contributed by atoms with Gasteiger partial charge in [0, 0.05) is 0 Å². The van der Waals surface area contributed by atoms with Crippen molar-refractivity contribution in [1.82, 2.24) is 0 Å². The van der Waals surface area contributed by atoms with E-state index in [-0.39, 0.29) is 12.6 Å². The highest BCUT2D eigenvalue weighted by Gasteiger charge is 2.08. The van der Waals surface area contributed by atoms with E-state index in [1.165, 1.54) is 6.92 Å². The monoisotopic (exact) mass is 260 g/mol. The third kappa shape index (κ3) is 3.78. The highest BCUT2D eigenvalue weighted by atomic mass is 19.1. The maximum absolute atomic E-state index is 12.6. The van der Waals surface area contributed by atoms with E-state index in [2.05, 4.69) is 0 Å². The average molecular weight is 260 g/mol. The highest BCUT2D eigenvalue weighted by molar-refractivity contribution is 5.95. The minimum atomic E-state index is -0.848. The highest BCUT2D eigenvalue weighted by Crippen LogP contribution is 2.16. The lowest BCUT2D eigenvalue weighted by atomic mass is 10.1. The first-order chi connectivity index (χ1) is 9.16. The Morgan fingerprint density at radius 1 is 1.21 bits per heavy atom. The van der Waals surface area contributed by atoms with Crippen LogP contribution in [0.5, 0.6) is 0 Å². The fourth-order valence-electron chi connectivity index (χ4n) is 1.93. The van der Waals surface area contributed by atoms with Crippen LogP contribution < -0.4 is 0 Å².